The lowest BCUT2D eigenvalue weighted by Gasteiger charge is -2.28. The first-order chi connectivity index (χ1) is 35.0. The van der Waals surface area contributed by atoms with Crippen molar-refractivity contribution >= 4 is 70.0 Å². The number of benzene rings is 2. The van der Waals surface area contributed by atoms with E-state index in [1.165, 1.54) is 19.4 Å². The van der Waals surface area contributed by atoms with Crippen LogP contribution in [0.4, 0.5) is 0 Å². The second kappa shape index (κ2) is 27.9. The predicted octanol–water partition coefficient (Wildman–Crippen LogP) is -1.64. The van der Waals surface area contributed by atoms with E-state index < -0.39 is 95.5 Å². The standard InChI is InChI=1S/C49H67N15O9/c1-3-4-14-34(58-28(2)65)43(68)60-36-17-18-41(66)54-21-19-37(46(71)62-38(42(50)67)23-30-25-56-33-15-9-8-13-32(30)33)61-44(69)35(16-10-20-55-49(51)52)59-47(72)39(22-29-11-6-5-7-12-29)63-48(73)40(64-45(36)70)24-31-26-53-27-57-31/h5-9,11-13,15,25-27,34-40,56H,3-4,10,14,16-24H2,1-2H3,(H2,50,67)(H,53,57)(H,54,66)(H,58,65)(H,59,72)(H,60,68)(H,61,69)(H,62,71)(H,63,73)(H,64,70)(H4,51,52,55)/t34-,35-,36-,37?,38+,39+,40-/m0/s1. The third-order valence-corrected chi connectivity index (χ3v) is 12.1. The van der Waals surface area contributed by atoms with E-state index in [1.54, 1.807) is 36.5 Å². The summed E-state index contributed by atoms with van der Waals surface area (Å²) in [6.07, 6.45) is 4.95. The molecule has 1 fully saturated rings. The molecule has 16 N–H and O–H groups in total. The third kappa shape index (κ3) is 17.8. The van der Waals surface area contributed by atoms with Gasteiger partial charge in [0.15, 0.2) is 5.96 Å². The molecule has 73 heavy (non-hydrogen) atoms. The van der Waals surface area contributed by atoms with Crippen molar-refractivity contribution in [3.05, 3.63) is 90.1 Å². The number of nitrogens with zero attached hydrogens (tertiary/aromatic N) is 2. The Balaban J connectivity index is 1.52. The van der Waals surface area contributed by atoms with Crippen molar-refractivity contribution in [3.63, 3.8) is 0 Å². The molecule has 0 radical (unpaired) electrons. The molecule has 392 valence electrons. The first kappa shape index (κ1) is 55.6. The van der Waals surface area contributed by atoms with E-state index in [0.29, 0.717) is 29.7 Å². The van der Waals surface area contributed by atoms with E-state index in [9.17, 15) is 43.2 Å². The van der Waals surface area contributed by atoms with Crippen molar-refractivity contribution in [2.45, 2.75) is 127 Å². The van der Waals surface area contributed by atoms with Crippen LogP contribution in [-0.4, -0.2) is 129 Å². The molecule has 0 spiro atoms. The van der Waals surface area contributed by atoms with Crippen LogP contribution in [0.3, 0.4) is 0 Å². The Hall–Kier alpha value is -8.31. The zero-order valence-electron chi connectivity index (χ0n) is 41.0. The van der Waals surface area contributed by atoms with Crippen molar-refractivity contribution in [2.75, 3.05) is 13.1 Å². The minimum atomic E-state index is -1.44. The number of para-hydroxylation sites is 1. The number of imidazole rings is 1. The number of unbranched alkanes of at least 4 members (excludes halogenated alkanes) is 1. The normalized spacial score (nSPS) is 20.2. The number of aromatic nitrogens is 3. The molecule has 2 aromatic carbocycles. The van der Waals surface area contributed by atoms with Crippen LogP contribution >= 0.6 is 0 Å². The fourth-order valence-electron chi connectivity index (χ4n) is 8.21. The van der Waals surface area contributed by atoms with Crippen molar-refractivity contribution < 1.29 is 43.2 Å². The maximum absolute atomic E-state index is 14.6. The molecule has 24 heteroatoms. The number of amides is 9. The molecule has 1 unspecified atom stereocenters. The molecule has 4 aromatic rings. The first-order valence-electron chi connectivity index (χ1n) is 24.3. The number of hydrogen-bond acceptors (Lipinski definition) is 11. The van der Waals surface area contributed by atoms with Crippen molar-refractivity contribution in [1.82, 2.24) is 57.5 Å². The van der Waals surface area contributed by atoms with Gasteiger partial charge in [0.25, 0.3) is 0 Å². The summed E-state index contributed by atoms with van der Waals surface area (Å²) >= 11 is 0. The Bertz CT molecular complexity index is 2560. The lowest BCUT2D eigenvalue weighted by Crippen LogP contribution is -2.60. The van der Waals surface area contributed by atoms with Gasteiger partial charge in [-0.1, -0.05) is 68.3 Å². The van der Waals surface area contributed by atoms with Gasteiger partial charge >= 0.3 is 0 Å². The zero-order valence-corrected chi connectivity index (χ0v) is 41.0. The quantitative estimate of drug-likeness (QED) is 0.0286. The maximum Gasteiger partial charge on any atom is 0.243 e. The number of carbonyl (C=O) groups excluding carboxylic acids is 9. The van der Waals surface area contributed by atoms with Crippen LogP contribution in [0.5, 0.6) is 0 Å². The van der Waals surface area contributed by atoms with Crippen LogP contribution in [0.2, 0.25) is 0 Å². The van der Waals surface area contributed by atoms with Gasteiger partial charge in [0, 0.05) is 74.7 Å². The van der Waals surface area contributed by atoms with Gasteiger partial charge in [-0.3, -0.25) is 48.1 Å². The molecule has 24 nitrogen and oxygen atoms in total. The highest BCUT2D eigenvalue weighted by Crippen LogP contribution is 2.19. The van der Waals surface area contributed by atoms with Gasteiger partial charge in [-0.25, -0.2) is 4.98 Å². The second-order valence-electron chi connectivity index (χ2n) is 17.8. The highest BCUT2D eigenvalue weighted by molar-refractivity contribution is 5.98. The zero-order chi connectivity index (χ0) is 52.9. The summed E-state index contributed by atoms with van der Waals surface area (Å²) in [5.41, 5.74) is 19.4. The maximum atomic E-state index is 14.6. The van der Waals surface area contributed by atoms with Gasteiger partial charge in [0.05, 0.1) is 6.33 Å². The minimum Gasteiger partial charge on any atom is -0.370 e. The average molecular weight is 1010 g/mol. The van der Waals surface area contributed by atoms with E-state index >= 15 is 0 Å². The minimum absolute atomic E-state index is 0.0152. The number of nitrogens with two attached hydrogens (primary N) is 3. The molecule has 7 atom stereocenters. The monoisotopic (exact) mass is 1010 g/mol. The predicted molar refractivity (Wildman–Crippen MR) is 269 cm³/mol. The summed E-state index contributed by atoms with van der Waals surface area (Å²) in [7, 11) is 0. The highest BCUT2D eigenvalue weighted by Gasteiger charge is 2.35. The molecular formula is C49H67N15O9. The molecule has 0 aliphatic carbocycles. The van der Waals surface area contributed by atoms with Crippen LogP contribution in [0.15, 0.2) is 78.3 Å². The number of carbonyl (C=O) groups is 9. The molecule has 0 bridgehead atoms. The third-order valence-electron chi connectivity index (χ3n) is 12.1. The topological polar surface area (TPSA) is 385 Å². The summed E-state index contributed by atoms with van der Waals surface area (Å²) in [5, 5.41) is 22.3. The number of H-pyrrole nitrogens is 2. The molecule has 9 amide bonds. The Morgan fingerprint density at radius 3 is 2.15 bits per heavy atom. The second-order valence-corrected chi connectivity index (χ2v) is 17.8. The number of aliphatic imine (C=N–C) groups is 1. The summed E-state index contributed by atoms with van der Waals surface area (Å²) in [4.78, 5) is 138. The lowest BCUT2D eigenvalue weighted by atomic mass is 10.0. The van der Waals surface area contributed by atoms with Crippen molar-refractivity contribution in [3.8, 4) is 0 Å². The van der Waals surface area contributed by atoms with Crippen LogP contribution in [0, 0.1) is 0 Å². The van der Waals surface area contributed by atoms with E-state index in [4.69, 9.17) is 17.2 Å². The summed E-state index contributed by atoms with van der Waals surface area (Å²) in [5.74, 6) is -7.04. The SMILES string of the molecule is CCCC[C@H](NC(C)=O)C(=O)N[C@H]1CCC(=O)NCCC(C(=O)N[C@H](Cc2c[nH]c3ccccc23)C(N)=O)NC(=O)[C@H](CCCN=C(N)N)NC(=O)[C@@H](Cc2ccccc2)NC(=O)[C@H](Cc2cnc[nH]2)NC1=O. The van der Waals surface area contributed by atoms with Crippen LogP contribution in [0.1, 0.15) is 82.0 Å². The molecule has 5 rings (SSSR count). The van der Waals surface area contributed by atoms with Crippen LogP contribution in [0.25, 0.3) is 10.9 Å². The number of aromatic amines is 2. The number of rotatable bonds is 19. The highest BCUT2D eigenvalue weighted by atomic mass is 16.2. The van der Waals surface area contributed by atoms with E-state index in [-0.39, 0.29) is 76.8 Å². The molecule has 1 saturated heterocycles. The molecular weight excluding hydrogens is 943 g/mol. The smallest absolute Gasteiger partial charge is 0.243 e. The summed E-state index contributed by atoms with van der Waals surface area (Å²) in [6.45, 7) is 2.99. The van der Waals surface area contributed by atoms with Crippen LogP contribution in [-0.2, 0) is 62.4 Å². The van der Waals surface area contributed by atoms with Gasteiger partial charge in [-0.05, 0) is 49.3 Å². The average Bonchev–Trinajstić information content (AvgIpc) is 4.03. The molecule has 1 aliphatic heterocycles. The molecule has 1 aliphatic rings. The van der Waals surface area contributed by atoms with Gasteiger partial charge in [-0.2, -0.15) is 0 Å². The van der Waals surface area contributed by atoms with Crippen molar-refractivity contribution in [2.24, 2.45) is 22.2 Å². The van der Waals surface area contributed by atoms with E-state index in [2.05, 4.69) is 62.5 Å². The number of hydrogen-bond donors (Lipinski definition) is 13. The number of primary amides is 1. The van der Waals surface area contributed by atoms with Gasteiger partial charge in [0.1, 0.15) is 42.3 Å². The molecule has 0 saturated carbocycles. The van der Waals surface area contributed by atoms with E-state index in [1.807, 2.05) is 31.2 Å². The number of fused-ring (bicyclic) bond motifs is 1. The van der Waals surface area contributed by atoms with Crippen molar-refractivity contribution in [1.29, 1.82) is 0 Å². The fourth-order valence-corrected chi connectivity index (χ4v) is 8.21. The summed E-state index contributed by atoms with van der Waals surface area (Å²) in [6, 6.07) is 6.74. The molecule has 3 heterocycles. The van der Waals surface area contributed by atoms with Gasteiger partial charge in [0.2, 0.25) is 53.2 Å². The Kier molecular flexibility index (Phi) is 21.3. The fraction of sp³-hybridized carbons (Fsp3) is 0.449. The van der Waals surface area contributed by atoms with E-state index in [0.717, 1.165) is 10.9 Å². The largest absolute Gasteiger partial charge is 0.370 e. The first-order valence-corrected chi connectivity index (χ1v) is 24.3. The Labute approximate surface area is 421 Å². The number of guanidine groups is 1. The van der Waals surface area contributed by atoms with Gasteiger partial charge < -0.3 is 69.7 Å². The summed E-state index contributed by atoms with van der Waals surface area (Å²) < 4.78 is 0. The van der Waals surface area contributed by atoms with Crippen LogP contribution < -0.4 is 59.7 Å². The Morgan fingerprint density at radius 1 is 0.781 bits per heavy atom. The molecule has 2 aromatic heterocycles. The van der Waals surface area contributed by atoms with Gasteiger partial charge in [-0.15, -0.1) is 0 Å². The lowest BCUT2D eigenvalue weighted by molar-refractivity contribution is -0.135. The number of nitrogens with one attached hydrogen (secondary N) is 10. The Morgan fingerprint density at radius 2 is 1.47 bits per heavy atom.